The summed E-state index contributed by atoms with van der Waals surface area (Å²) in [6, 6.07) is 0. The van der Waals surface area contributed by atoms with Crippen LogP contribution in [0.2, 0.25) is 0 Å². The number of nitrogens with one attached hydrogen (secondary N) is 1. The molecule has 1 spiro atoms. The van der Waals surface area contributed by atoms with E-state index in [1.54, 1.807) is 33.3 Å². The first kappa shape index (κ1) is 51.0. The molecule has 0 aromatic rings. The van der Waals surface area contributed by atoms with Crippen molar-refractivity contribution in [3.05, 3.63) is 59.3 Å². The lowest BCUT2D eigenvalue weighted by atomic mass is 9.71. The maximum absolute atomic E-state index is 14.4. The van der Waals surface area contributed by atoms with Gasteiger partial charge in [-0.15, -0.1) is 0 Å². The van der Waals surface area contributed by atoms with Crippen LogP contribution in [0.15, 0.2) is 59.3 Å². The first-order valence-electron chi connectivity index (χ1n) is 24.0. The van der Waals surface area contributed by atoms with Crippen molar-refractivity contribution in [2.75, 3.05) is 20.8 Å². The fraction of sp³-hybridized carbons (Fsp3) is 0.760. The number of hydrogen-bond donors (Lipinski definition) is 3. The Morgan fingerprint density at radius 3 is 2.29 bits per heavy atom. The number of ether oxygens (including phenoxy) is 10. The zero-order valence-electron chi connectivity index (χ0n) is 40.6. The van der Waals surface area contributed by atoms with Crippen molar-refractivity contribution in [2.24, 2.45) is 23.7 Å². The summed E-state index contributed by atoms with van der Waals surface area (Å²) in [6.07, 6.45) is 8.47. The maximum atomic E-state index is 14.4. The predicted octanol–water partition coefficient (Wildman–Crippen LogP) is 5.45. The molecule has 4 saturated heterocycles. The van der Waals surface area contributed by atoms with Gasteiger partial charge in [0.05, 0.1) is 49.3 Å². The van der Waals surface area contributed by atoms with Crippen molar-refractivity contribution in [3.63, 3.8) is 0 Å². The number of aliphatic hydroxyl groups is 2. The molecule has 0 aromatic carbocycles. The number of methoxy groups -OCH3 is 2. The minimum absolute atomic E-state index is 0.0226. The highest BCUT2D eigenvalue weighted by Crippen LogP contribution is 2.47. The van der Waals surface area contributed by atoms with E-state index in [0.29, 0.717) is 36.8 Å². The van der Waals surface area contributed by atoms with Crippen molar-refractivity contribution in [2.45, 2.75) is 198 Å². The summed E-state index contributed by atoms with van der Waals surface area (Å²) < 4.78 is 64.3. The second kappa shape index (κ2) is 21.4. The number of hydrogen-bond acceptors (Lipinski definition) is 15. The van der Waals surface area contributed by atoms with Crippen LogP contribution in [0.4, 0.5) is 0 Å². The van der Waals surface area contributed by atoms with Gasteiger partial charge in [-0.25, -0.2) is 5.48 Å². The molecular formula is C50H75NO15. The third-order valence-corrected chi connectivity index (χ3v) is 14.8. The van der Waals surface area contributed by atoms with Gasteiger partial charge in [-0.3, -0.25) is 14.4 Å². The highest BCUT2D eigenvalue weighted by atomic mass is 16.7. The van der Waals surface area contributed by atoms with Crippen LogP contribution in [0.3, 0.4) is 0 Å². The number of aliphatic hydroxyl groups excluding tert-OH is 1. The van der Waals surface area contributed by atoms with Crippen molar-refractivity contribution < 1.29 is 72.0 Å². The number of amides is 1. The van der Waals surface area contributed by atoms with E-state index in [-0.39, 0.29) is 42.8 Å². The summed E-state index contributed by atoms with van der Waals surface area (Å²) in [5, 5.41) is 23.8. The molecule has 16 nitrogen and oxygen atoms in total. The lowest BCUT2D eigenvalue weighted by molar-refractivity contribution is -0.323. The number of fused-ring (bicyclic) bond motifs is 2. The van der Waals surface area contributed by atoms with Crippen LogP contribution in [-0.4, -0.2) is 140 Å². The molecule has 3 N–H and O–H groups in total. The van der Waals surface area contributed by atoms with Gasteiger partial charge < -0.3 is 57.6 Å². The molecule has 6 heterocycles. The first-order valence-corrected chi connectivity index (χ1v) is 24.0. The molecule has 16 heteroatoms. The Hall–Kier alpha value is -2.84. The predicted molar refractivity (Wildman–Crippen MR) is 240 cm³/mol. The van der Waals surface area contributed by atoms with Gasteiger partial charge in [-0.05, 0) is 62.8 Å². The monoisotopic (exact) mass is 930 g/mol. The van der Waals surface area contributed by atoms with Gasteiger partial charge in [0.2, 0.25) is 5.91 Å². The SMILES string of the molecule is CCC(C)[C@H]1O[C@]2(C=C[C@@H]1C)C[C@@H]1C[C@@H](C/C=C(\C)[C@@H](O[C@H]3C[C@H](OC)[C@@H](O[C@H]4C[C@H](OC)[C@@H](ONC(C)=O)[C@H](C)O4)[C@H](C)O3)[C@@H](C)/C=C/C=C3\CO[C@@H]4[C@H](O)C(C)=C[C@@H](C(=O)O1)[C@]34O)O2. The Bertz CT molecular complexity index is 1870. The quantitative estimate of drug-likeness (QED) is 0.142. The minimum Gasteiger partial charge on any atom is -0.462 e. The molecular weight excluding hydrogens is 855 g/mol. The zero-order valence-corrected chi connectivity index (χ0v) is 40.6. The molecule has 1 aliphatic carbocycles. The van der Waals surface area contributed by atoms with Gasteiger partial charge in [0, 0.05) is 58.7 Å². The summed E-state index contributed by atoms with van der Waals surface area (Å²) in [6.45, 7) is 17.5. The highest BCUT2D eigenvalue weighted by molar-refractivity contribution is 5.78. The smallest absolute Gasteiger partial charge is 0.316 e. The molecule has 20 atom stereocenters. The topological polar surface area (TPSA) is 188 Å². The van der Waals surface area contributed by atoms with Crippen LogP contribution in [0.25, 0.3) is 0 Å². The van der Waals surface area contributed by atoms with E-state index in [4.69, 9.17) is 52.2 Å². The average Bonchev–Trinajstić information content (AvgIpc) is 3.62. The van der Waals surface area contributed by atoms with Gasteiger partial charge in [0.25, 0.3) is 0 Å². The number of carbonyl (C=O) groups is 2. The van der Waals surface area contributed by atoms with Gasteiger partial charge in [0.15, 0.2) is 18.4 Å². The Morgan fingerprint density at radius 1 is 0.924 bits per heavy atom. The van der Waals surface area contributed by atoms with Gasteiger partial charge in [-0.1, -0.05) is 70.6 Å². The van der Waals surface area contributed by atoms with Crippen molar-refractivity contribution in [3.8, 4) is 0 Å². The number of carbonyl (C=O) groups excluding carboxylic acids is 2. The standard InChI is InChI=1S/C50H75NO15/c1-12-26(2)44-29(5)18-19-49(65-44)24-36-21-35(64-49)17-16-28(4)43(27(3)14-13-15-34-25-58-47-42(53)30(6)20-37(48(54)61-36)50(34,47)55)62-40-22-38(56-10)45(31(7)59-40)63-41-23-39(57-11)46(32(8)60-41)66-51-33(9)52/h13-16,18-20,26-27,29,31-32,35-47,53,55H,12,17,21-25H2,1-11H3,(H,51,52)/b14-13+,28-16+,34-15+/t26?,27-,29-,31-,32-,35+,36-,37-,38-,39-,40-,41-,42+,43-,44+,45-,46-,47+,49+,50+/m0/s1. The summed E-state index contributed by atoms with van der Waals surface area (Å²) in [7, 11) is 3.23. The van der Waals surface area contributed by atoms with Crippen LogP contribution in [0, 0.1) is 23.7 Å². The molecule has 2 bridgehead atoms. The first-order chi connectivity index (χ1) is 31.4. The van der Waals surface area contributed by atoms with E-state index in [1.807, 2.05) is 39.0 Å². The largest absolute Gasteiger partial charge is 0.462 e. The maximum Gasteiger partial charge on any atom is 0.316 e. The average molecular weight is 930 g/mol. The lowest BCUT2D eigenvalue weighted by Gasteiger charge is -2.48. The van der Waals surface area contributed by atoms with Crippen LogP contribution in [-0.2, 0) is 61.8 Å². The Kier molecular flexibility index (Phi) is 16.6. The fourth-order valence-electron chi connectivity index (χ4n) is 10.9. The van der Waals surface area contributed by atoms with E-state index in [1.165, 1.54) is 6.92 Å². The molecule has 0 saturated carbocycles. The number of allylic oxidation sites excluding steroid dienone is 2. The minimum atomic E-state index is -1.85. The van der Waals surface area contributed by atoms with E-state index in [0.717, 1.165) is 12.0 Å². The Balaban J connectivity index is 1.15. The van der Waals surface area contributed by atoms with Crippen molar-refractivity contribution in [1.82, 2.24) is 5.48 Å². The number of rotatable bonds is 10. The summed E-state index contributed by atoms with van der Waals surface area (Å²) in [4.78, 5) is 31.5. The molecule has 370 valence electrons. The van der Waals surface area contributed by atoms with Crippen LogP contribution in [0.5, 0.6) is 0 Å². The van der Waals surface area contributed by atoms with Crippen LogP contribution < -0.4 is 5.48 Å². The van der Waals surface area contributed by atoms with Gasteiger partial charge >= 0.3 is 5.97 Å². The molecule has 6 aliphatic heterocycles. The van der Waals surface area contributed by atoms with E-state index in [9.17, 15) is 19.8 Å². The van der Waals surface area contributed by atoms with Gasteiger partial charge in [-0.2, -0.15) is 0 Å². The summed E-state index contributed by atoms with van der Waals surface area (Å²) in [5.41, 5.74) is 2.49. The normalized spacial score (nSPS) is 46.8. The molecule has 0 aromatic heterocycles. The van der Waals surface area contributed by atoms with E-state index >= 15 is 0 Å². The number of hydroxylamine groups is 1. The Morgan fingerprint density at radius 2 is 1.61 bits per heavy atom. The van der Waals surface area contributed by atoms with E-state index in [2.05, 4.69) is 45.3 Å². The highest BCUT2D eigenvalue weighted by Gasteiger charge is 2.60. The van der Waals surface area contributed by atoms with Crippen LogP contribution in [0.1, 0.15) is 101 Å². The third kappa shape index (κ3) is 10.8. The van der Waals surface area contributed by atoms with E-state index < -0.39 is 103 Å². The molecule has 7 aliphatic rings. The lowest BCUT2D eigenvalue weighted by Crippen LogP contribution is -2.58. The fourth-order valence-corrected chi connectivity index (χ4v) is 10.9. The summed E-state index contributed by atoms with van der Waals surface area (Å²) in [5.74, 6) is -2.95. The molecule has 4 fully saturated rings. The molecule has 1 amide bonds. The second-order valence-electron chi connectivity index (χ2n) is 19.7. The second-order valence-corrected chi connectivity index (χ2v) is 19.7. The van der Waals surface area contributed by atoms with Crippen molar-refractivity contribution >= 4 is 11.9 Å². The van der Waals surface area contributed by atoms with Crippen molar-refractivity contribution in [1.29, 1.82) is 0 Å². The Labute approximate surface area is 390 Å². The zero-order chi connectivity index (χ0) is 47.7. The third-order valence-electron chi connectivity index (χ3n) is 14.8. The van der Waals surface area contributed by atoms with Crippen LogP contribution >= 0.6 is 0 Å². The number of esters is 1. The summed E-state index contributed by atoms with van der Waals surface area (Å²) >= 11 is 0. The molecule has 7 rings (SSSR count). The molecule has 0 radical (unpaired) electrons. The molecule has 1 unspecified atom stereocenters. The molecule has 66 heavy (non-hydrogen) atoms. The van der Waals surface area contributed by atoms with Gasteiger partial charge in [0.1, 0.15) is 42.0 Å².